The van der Waals surface area contributed by atoms with Gasteiger partial charge in [0.1, 0.15) is 13.2 Å². The van der Waals surface area contributed by atoms with Crippen molar-refractivity contribution in [3.8, 4) is 0 Å². The summed E-state index contributed by atoms with van der Waals surface area (Å²) in [6, 6.07) is 16.7. The lowest BCUT2D eigenvalue weighted by atomic mass is 9.99. The molecule has 26 heteroatoms. The molecule has 6 N–H and O–H groups in total. The average molecular weight is 1640 g/mol. The van der Waals surface area contributed by atoms with Crippen LogP contribution in [0.15, 0.2) is 152 Å². The number of ketones is 2. The zero-order valence-electron chi connectivity index (χ0n) is 68.7. The number of piperidine rings is 4. The number of allylic oxidation sites excluding steroid dienone is 2. The summed E-state index contributed by atoms with van der Waals surface area (Å²) in [5.41, 5.74) is 1.97. The number of carbonyl (C=O) groups is 10. The van der Waals surface area contributed by atoms with Gasteiger partial charge in [0.15, 0.2) is 11.6 Å². The largest absolute Gasteiger partial charge is 0.481 e. The van der Waals surface area contributed by atoms with Crippen molar-refractivity contribution in [1.82, 2.24) is 19.6 Å². The zero-order valence-corrected chi connectivity index (χ0v) is 71.1. The topological polar surface area (TPSA) is 333 Å². The van der Waals surface area contributed by atoms with Gasteiger partial charge in [-0.2, -0.15) is 0 Å². The fourth-order valence-corrected chi connectivity index (χ4v) is 12.4. The van der Waals surface area contributed by atoms with E-state index in [-0.39, 0.29) is 104 Å². The molecule has 0 saturated carbocycles. The summed E-state index contributed by atoms with van der Waals surface area (Å²) in [7, 11) is 0. The third kappa shape index (κ3) is 55.4. The highest BCUT2D eigenvalue weighted by Gasteiger charge is 2.29. The third-order valence-electron chi connectivity index (χ3n) is 16.4. The van der Waals surface area contributed by atoms with E-state index < -0.39 is 36.1 Å². The first kappa shape index (κ1) is 107. The van der Waals surface area contributed by atoms with Gasteiger partial charge in [-0.1, -0.05) is 221 Å². The van der Waals surface area contributed by atoms with Gasteiger partial charge in [0.25, 0.3) is 0 Å². The SMILES string of the molecule is CC.CC.CC.CC.CCCCCC(=O)C=C[C@H]1CCCC(=O)N1CC=CCSCC(=O)O.CCCOCC(O)C=C[C@H]1CCCC(=O)N1CC=CCOCC(=O)O.O=C(O)COCC=CCN1C(=O)CCC[C@@H]1C=CC(=O)Cc1ccccc1.O=C(O)CSCC=CCN1C(=O)CCC[C@@H]1C=CC(O)Cc1ccc(Cl)cc1. The number of nitrogens with zero attached hydrogens (tertiary/aromatic N) is 4. The Balaban J connectivity index is 0. The quantitative estimate of drug-likeness (QED) is 0.0204. The Bertz CT molecular complexity index is 3200. The molecule has 6 rings (SSSR count). The van der Waals surface area contributed by atoms with Crippen molar-refractivity contribution >= 4 is 94.2 Å². The minimum Gasteiger partial charge on any atom is -0.481 e. The molecule has 6 atom stereocenters. The minimum absolute atomic E-state index is 0.0109. The van der Waals surface area contributed by atoms with E-state index >= 15 is 0 Å². The molecule has 0 bridgehead atoms. The molecule has 0 aliphatic carbocycles. The number of aliphatic hydroxyl groups excluding tert-OH is 2. The van der Waals surface area contributed by atoms with Crippen LogP contribution in [-0.2, 0) is 75.0 Å². The second-order valence-electron chi connectivity index (χ2n) is 25.1. The maximum atomic E-state index is 12.3. The third-order valence-corrected chi connectivity index (χ3v) is 18.5. The Kier molecular flexibility index (Phi) is 68.4. The first-order chi connectivity index (χ1) is 54.6. The van der Waals surface area contributed by atoms with Crippen molar-refractivity contribution in [3.63, 3.8) is 0 Å². The number of benzene rings is 2. The highest BCUT2D eigenvalue weighted by Crippen LogP contribution is 2.24. The number of carboxylic acids is 4. The van der Waals surface area contributed by atoms with Gasteiger partial charge >= 0.3 is 23.9 Å². The number of unbranched alkanes of at least 4 members (excludes halogenated alkanes) is 2. The molecule has 113 heavy (non-hydrogen) atoms. The summed E-state index contributed by atoms with van der Waals surface area (Å²) in [4.78, 5) is 122. The van der Waals surface area contributed by atoms with Gasteiger partial charge in [-0.25, -0.2) is 9.59 Å². The molecular formula is C87H133ClN4O19S2. The number of halogens is 1. The maximum absolute atomic E-state index is 12.3. The number of carbonyl (C=O) groups excluding carboxylic acids is 6. The number of carboxylic acid groups (broad SMARTS) is 4. The second kappa shape index (κ2) is 72.0. The number of aliphatic carboxylic acids is 4. The minimum atomic E-state index is -1.01. The lowest BCUT2D eigenvalue weighted by Gasteiger charge is -2.33. The molecule has 23 nitrogen and oxygen atoms in total. The number of aliphatic hydroxyl groups is 2. The summed E-state index contributed by atoms with van der Waals surface area (Å²) < 4.78 is 15.1. The van der Waals surface area contributed by atoms with Crippen LogP contribution in [0.25, 0.3) is 0 Å². The molecule has 4 fully saturated rings. The maximum Gasteiger partial charge on any atom is 0.329 e. The van der Waals surface area contributed by atoms with Gasteiger partial charge in [-0.05, 0) is 99.6 Å². The number of ether oxygens (including phenoxy) is 3. The summed E-state index contributed by atoms with van der Waals surface area (Å²) in [6.07, 6.45) is 41.7. The monoisotopic (exact) mass is 1640 g/mol. The molecular weight excluding hydrogens is 1500 g/mol. The number of hydrogen-bond acceptors (Lipinski definition) is 17. The van der Waals surface area contributed by atoms with Gasteiger partial charge in [0, 0.05) is 94.3 Å². The van der Waals surface area contributed by atoms with E-state index in [9.17, 15) is 58.2 Å². The van der Waals surface area contributed by atoms with Crippen LogP contribution < -0.4 is 0 Å². The molecule has 4 aliphatic heterocycles. The number of amides is 4. The van der Waals surface area contributed by atoms with Gasteiger partial charge in [-0.15, -0.1) is 23.5 Å². The highest BCUT2D eigenvalue weighted by atomic mass is 35.5. The van der Waals surface area contributed by atoms with Gasteiger partial charge in [-0.3, -0.25) is 38.4 Å². The van der Waals surface area contributed by atoms with Crippen molar-refractivity contribution in [1.29, 1.82) is 0 Å². The summed E-state index contributed by atoms with van der Waals surface area (Å²) >= 11 is 8.52. The Hall–Kier alpha value is -7.75. The van der Waals surface area contributed by atoms with E-state index in [2.05, 4.69) is 6.92 Å². The van der Waals surface area contributed by atoms with Crippen molar-refractivity contribution in [3.05, 3.63) is 168 Å². The number of thioether (sulfide) groups is 2. The smallest absolute Gasteiger partial charge is 0.329 e. The van der Waals surface area contributed by atoms with E-state index in [0.29, 0.717) is 94.3 Å². The Morgan fingerprint density at radius 1 is 0.469 bits per heavy atom. The Morgan fingerprint density at radius 2 is 0.858 bits per heavy atom. The molecule has 4 heterocycles. The summed E-state index contributed by atoms with van der Waals surface area (Å²) in [5.74, 6) is -1.79. The van der Waals surface area contributed by atoms with Crippen LogP contribution in [0.3, 0.4) is 0 Å². The van der Waals surface area contributed by atoms with E-state index in [4.69, 9.17) is 46.2 Å². The van der Waals surface area contributed by atoms with E-state index in [0.717, 1.165) is 88.2 Å². The first-order valence-corrected chi connectivity index (χ1v) is 42.8. The molecule has 0 radical (unpaired) electrons. The number of rotatable bonds is 44. The predicted molar refractivity (Wildman–Crippen MR) is 455 cm³/mol. The summed E-state index contributed by atoms with van der Waals surface area (Å²) in [6.45, 7) is 22.5. The molecule has 0 spiro atoms. The van der Waals surface area contributed by atoms with Crippen molar-refractivity contribution in [2.45, 2.75) is 228 Å². The highest BCUT2D eigenvalue weighted by molar-refractivity contribution is 8.00. The normalized spacial score (nSPS) is 17.6. The van der Waals surface area contributed by atoms with E-state index in [1.807, 2.05) is 158 Å². The second-order valence-corrected chi connectivity index (χ2v) is 27.6. The van der Waals surface area contributed by atoms with Crippen LogP contribution in [0, 0.1) is 0 Å². The molecule has 4 aliphatic rings. The predicted octanol–water partition coefficient (Wildman–Crippen LogP) is 14.9. The van der Waals surface area contributed by atoms with Crippen LogP contribution in [0.5, 0.6) is 0 Å². The molecule has 4 saturated heterocycles. The van der Waals surface area contributed by atoms with Crippen molar-refractivity contribution in [2.75, 3.05) is 88.8 Å². The fourth-order valence-electron chi connectivity index (χ4n) is 11.2. The number of hydrogen-bond donors (Lipinski definition) is 6. The Morgan fingerprint density at radius 3 is 1.25 bits per heavy atom. The number of likely N-dealkylation sites (tertiary alicyclic amines) is 4. The summed E-state index contributed by atoms with van der Waals surface area (Å²) in [5, 5.41) is 55.0. The molecule has 634 valence electrons. The molecule has 2 unspecified atom stereocenters. The van der Waals surface area contributed by atoms with Gasteiger partial charge < -0.3 is 64.4 Å². The van der Waals surface area contributed by atoms with Crippen molar-refractivity contribution in [2.24, 2.45) is 0 Å². The fraction of sp³-hybridized carbons (Fsp3) is 0.563. The zero-order chi connectivity index (χ0) is 84.8. The van der Waals surface area contributed by atoms with Crippen LogP contribution >= 0.6 is 35.1 Å². The molecule has 0 aromatic heterocycles. The van der Waals surface area contributed by atoms with Gasteiger partial charge in [0.2, 0.25) is 23.6 Å². The standard InChI is InChI=1S/C21H26ClNO4S.C21H25NO5.C19H29NO4S.C18H29NO6.4C2H6/c22-17-8-6-16(7-9-17)14-19(24)11-10-18-4-3-5-20(25)23(18)12-1-2-13-28-15-21(26)27;23-19(15-17-7-2-1-3-8-17)12-11-18-9-6-10-20(24)22(18)13-4-5-14-27-16-21(25)26;1-2-3-4-9-17(21)12-11-16-8-7-10-18(22)20(16)13-5-6-14-25-15-19(23)24;1-2-11-24-13-16(20)9-8-15-6-5-7-17(21)19(15)10-3-4-12-25-14-18(22)23;4*1-2/h1-2,6-11,18-19,24H,3-5,12-15H2,(H,26,27);1-5,7-8,11-12,18H,6,9-10,13-16H2,(H,25,26);5-6,11-12,16H,2-4,7-10,13-15H2,1H3,(H,23,24);3-4,8-9,15-16,20H,2,5-7,10-14H2,1H3,(H,22,23);4*1-2H3/t18-,19?;18-;16-;15-,16?;;;;/m1111..../s1. The van der Waals surface area contributed by atoms with Crippen molar-refractivity contribution < 1.29 is 92.8 Å². The van der Waals surface area contributed by atoms with Crippen LogP contribution in [0.1, 0.15) is 190 Å². The van der Waals surface area contributed by atoms with Gasteiger partial charge in [0.05, 0.1) is 67.7 Å². The Labute approximate surface area is 687 Å². The van der Waals surface area contributed by atoms with Crippen LogP contribution in [0.2, 0.25) is 5.02 Å². The van der Waals surface area contributed by atoms with E-state index in [1.54, 1.807) is 75.4 Å². The molecule has 2 aromatic rings. The van der Waals surface area contributed by atoms with E-state index in [1.165, 1.54) is 23.5 Å². The first-order valence-electron chi connectivity index (χ1n) is 40.1. The average Bonchev–Trinajstić information content (AvgIpc) is 0.876. The molecule has 2 aromatic carbocycles. The van der Waals surface area contributed by atoms with Crippen LogP contribution in [-0.4, -0.2) is 235 Å². The lowest BCUT2D eigenvalue weighted by Crippen LogP contribution is -2.42. The van der Waals surface area contributed by atoms with Crippen LogP contribution in [0.4, 0.5) is 0 Å². The lowest BCUT2D eigenvalue weighted by molar-refractivity contribution is -0.142. The molecule has 4 amide bonds.